The van der Waals surface area contributed by atoms with Crippen LogP contribution in [-0.4, -0.2) is 30.8 Å². The lowest BCUT2D eigenvalue weighted by Crippen LogP contribution is -2.38. The van der Waals surface area contributed by atoms with Gasteiger partial charge in [-0.3, -0.25) is 4.79 Å². The number of carbonyl (C=O) groups is 2. The molecule has 0 spiro atoms. The molecule has 0 bridgehead atoms. The van der Waals surface area contributed by atoms with Crippen molar-refractivity contribution in [3.05, 3.63) is 24.2 Å². The van der Waals surface area contributed by atoms with Crippen molar-refractivity contribution < 1.29 is 28.2 Å². The number of carbonyl (C=O) groups excluding carboxylic acids is 2. The van der Waals surface area contributed by atoms with Gasteiger partial charge < -0.3 is 18.6 Å². The zero-order valence-electron chi connectivity index (χ0n) is 13.4. The fraction of sp³-hybridized carbons (Fsp3) is 0.625. The maximum absolute atomic E-state index is 11.8. The van der Waals surface area contributed by atoms with Gasteiger partial charge in [0, 0.05) is 18.9 Å². The average Bonchev–Trinajstić information content (AvgIpc) is 3.06. The van der Waals surface area contributed by atoms with Crippen molar-refractivity contribution in [1.82, 2.24) is 0 Å². The van der Waals surface area contributed by atoms with Gasteiger partial charge in [-0.25, -0.2) is 4.79 Å². The van der Waals surface area contributed by atoms with Gasteiger partial charge >= 0.3 is 11.9 Å². The summed E-state index contributed by atoms with van der Waals surface area (Å²) in [6, 6.07) is 1.87. The topological polar surface area (TPSA) is 75.0 Å². The quantitative estimate of drug-likeness (QED) is 0.778. The second-order valence-electron chi connectivity index (χ2n) is 6.12. The molecule has 6 nitrogen and oxygen atoms in total. The van der Waals surface area contributed by atoms with Crippen LogP contribution < -0.4 is 0 Å². The van der Waals surface area contributed by atoms with E-state index in [-0.39, 0.29) is 6.42 Å². The highest BCUT2D eigenvalue weighted by atomic mass is 16.6. The van der Waals surface area contributed by atoms with Gasteiger partial charge in [0.2, 0.25) is 6.10 Å². The fourth-order valence-electron chi connectivity index (χ4n) is 2.96. The number of esters is 2. The summed E-state index contributed by atoms with van der Waals surface area (Å²) in [5.74, 6) is -1.09. The van der Waals surface area contributed by atoms with Gasteiger partial charge in [0.15, 0.2) is 0 Å². The second-order valence-corrected chi connectivity index (χ2v) is 6.12. The average molecular weight is 310 g/mol. The molecule has 22 heavy (non-hydrogen) atoms. The Morgan fingerprint density at radius 3 is 2.64 bits per heavy atom. The van der Waals surface area contributed by atoms with E-state index in [2.05, 4.69) is 0 Å². The lowest BCUT2D eigenvalue weighted by molar-refractivity contribution is -0.172. The van der Waals surface area contributed by atoms with Gasteiger partial charge in [-0.2, -0.15) is 0 Å². The fourth-order valence-corrected chi connectivity index (χ4v) is 2.96. The second kappa shape index (κ2) is 6.12. The largest absolute Gasteiger partial charge is 0.472 e. The van der Waals surface area contributed by atoms with E-state index in [4.69, 9.17) is 18.6 Å². The van der Waals surface area contributed by atoms with Crippen LogP contribution in [0.15, 0.2) is 23.0 Å². The zero-order chi connectivity index (χ0) is 16.4. The molecule has 122 valence electrons. The van der Waals surface area contributed by atoms with Gasteiger partial charge in [-0.05, 0) is 32.8 Å². The van der Waals surface area contributed by atoms with Crippen LogP contribution in [0.1, 0.15) is 45.6 Å². The first kappa shape index (κ1) is 16.5. The van der Waals surface area contributed by atoms with Gasteiger partial charge in [0.1, 0.15) is 0 Å². The minimum absolute atomic E-state index is 0.257. The Hall–Kier alpha value is -1.82. The molecule has 3 atom stereocenters. The standard InChI is InChI=1S/C16H22O6/c1-11(17)21-13(14(18)19-4)9-15(2)6-7-16(3,22-15)12-5-8-20-10-12/h5,8,10,13H,6-7,9H2,1-4H3/t13-,15+,16-/m0/s1. The van der Waals surface area contributed by atoms with Crippen molar-refractivity contribution in [3.63, 3.8) is 0 Å². The molecule has 2 heterocycles. The molecule has 6 heteroatoms. The summed E-state index contributed by atoms with van der Waals surface area (Å²) in [4.78, 5) is 23.0. The minimum atomic E-state index is -0.959. The molecule has 1 aliphatic rings. The molecular formula is C16H22O6. The van der Waals surface area contributed by atoms with Crippen LogP contribution in [0.5, 0.6) is 0 Å². The number of rotatable bonds is 5. The van der Waals surface area contributed by atoms with Crippen LogP contribution in [0.25, 0.3) is 0 Å². The first-order valence-electron chi connectivity index (χ1n) is 7.26. The van der Waals surface area contributed by atoms with Crippen LogP contribution in [0.4, 0.5) is 0 Å². The molecule has 0 radical (unpaired) electrons. The number of furan rings is 1. The van der Waals surface area contributed by atoms with Crippen molar-refractivity contribution in [1.29, 1.82) is 0 Å². The summed E-state index contributed by atoms with van der Waals surface area (Å²) in [5, 5.41) is 0. The Balaban J connectivity index is 2.11. The lowest BCUT2D eigenvalue weighted by Gasteiger charge is -2.31. The highest BCUT2D eigenvalue weighted by Crippen LogP contribution is 2.46. The Labute approximate surface area is 129 Å². The predicted octanol–water partition coefficient (Wildman–Crippen LogP) is 2.56. The lowest BCUT2D eigenvalue weighted by atomic mass is 9.91. The minimum Gasteiger partial charge on any atom is -0.472 e. The number of hydrogen-bond donors (Lipinski definition) is 0. The molecule has 0 amide bonds. The third kappa shape index (κ3) is 3.50. The van der Waals surface area contributed by atoms with Gasteiger partial charge in [-0.15, -0.1) is 0 Å². The van der Waals surface area contributed by atoms with Crippen LogP contribution in [-0.2, 0) is 29.4 Å². The predicted molar refractivity (Wildman–Crippen MR) is 77.0 cm³/mol. The third-order valence-electron chi connectivity index (χ3n) is 4.12. The molecule has 1 fully saturated rings. The van der Waals surface area contributed by atoms with E-state index in [1.165, 1.54) is 14.0 Å². The van der Waals surface area contributed by atoms with Crippen molar-refractivity contribution in [2.75, 3.05) is 7.11 Å². The molecule has 1 aromatic rings. The van der Waals surface area contributed by atoms with Crippen molar-refractivity contribution in [3.8, 4) is 0 Å². The van der Waals surface area contributed by atoms with E-state index in [1.54, 1.807) is 12.5 Å². The van der Waals surface area contributed by atoms with Crippen molar-refractivity contribution in [2.45, 2.75) is 57.3 Å². The smallest absolute Gasteiger partial charge is 0.347 e. The molecule has 1 saturated heterocycles. The van der Waals surface area contributed by atoms with Crippen molar-refractivity contribution >= 4 is 11.9 Å². The summed E-state index contributed by atoms with van der Waals surface area (Å²) in [7, 11) is 1.27. The maximum atomic E-state index is 11.8. The monoisotopic (exact) mass is 310 g/mol. The van der Waals surface area contributed by atoms with Crippen LogP contribution >= 0.6 is 0 Å². The first-order valence-corrected chi connectivity index (χ1v) is 7.26. The van der Waals surface area contributed by atoms with E-state index in [0.29, 0.717) is 0 Å². The molecule has 0 aliphatic carbocycles. The summed E-state index contributed by atoms with van der Waals surface area (Å²) in [6.07, 6.45) is 4.09. The third-order valence-corrected chi connectivity index (χ3v) is 4.12. The van der Waals surface area contributed by atoms with Gasteiger partial charge in [-0.1, -0.05) is 0 Å². The van der Waals surface area contributed by atoms with Crippen LogP contribution in [0.2, 0.25) is 0 Å². The molecular weight excluding hydrogens is 288 g/mol. The molecule has 2 rings (SSSR count). The molecule has 0 N–H and O–H groups in total. The van der Waals surface area contributed by atoms with Crippen LogP contribution in [0, 0.1) is 0 Å². The molecule has 0 aromatic carbocycles. The zero-order valence-corrected chi connectivity index (χ0v) is 13.4. The molecule has 1 aliphatic heterocycles. The van der Waals surface area contributed by atoms with Crippen molar-refractivity contribution in [2.24, 2.45) is 0 Å². The first-order chi connectivity index (χ1) is 10.3. The van der Waals surface area contributed by atoms with E-state index in [0.717, 1.165) is 18.4 Å². The molecule has 0 saturated carbocycles. The normalized spacial score (nSPS) is 29.1. The van der Waals surface area contributed by atoms with E-state index in [9.17, 15) is 9.59 Å². The Kier molecular flexibility index (Phi) is 4.60. The number of methoxy groups -OCH3 is 1. The maximum Gasteiger partial charge on any atom is 0.347 e. The summed E-state index contributed by atoms with van der Waals surface area (Å²) >= 11 is 0. The number of ether oxygens (including phenoxy) is 3. The van der Waals surface area contributed by atoms with E-state index < -0.39 is 29.2 Å². The van der Waals surface area contributed by atoms with E-state index in [1.807, 2.05) is 19.9 Å². The highest BCUT2D eigenvalue weighted by Gasteiger charge is 2.47. The Bertz CT molecular complexity index is 537. The highest BCUT2D eigenvalue weighted by molar-refractivity contribution is 5.78. The van der Waals surface area contributed by atoms with Crippen LogP contribution in [0.3, 0.4) is 0 Å². The summed E-state index contributed by atoms with van der Waals surface area (Å²) in [5.41, 5.74) is -0.0998. The Morgan fingerprint density at radius 1 is 1.36 bits per heavy atom. The molecule has 1 aromatic heterocycles. The Morgan fingerprint density at radius 2 is 2.09 bits per heavy atom. The SMILES string of the molecule is COC(=O)[C@H](C[C@@]1(C)CC[C@@](C)(c2ccoc2)O1)OC(C)=O. The van der Waals surface area contributed by atoms with E-state index >= 15 is 0 Å². The number of hydrogen-bond acceptors (Lipinski definition) is 6. The van der Waals surface area contributed by atoms with Gasteiger partial charge in [0.05, 0.1) is 30.8 Å². The summed E-state index contributed by atoms with van der Waals surface area (Å²) < 4.78 is 21.1. The summed E-state index contributed by atoms with van der Waals surface area (Å²) in [6.45, 7) is 5.17. The molecule has 0 unspecified atom stereocenters. The van der Waals surface area contributed by atoms with Gasteiger partial charge in [0.25, 0.3) is 0 Å².